The van der Waals surface area contributed by atoms with Crippen LogP contribution in [0.3, 0.4) is 0 Å². The van der Waals surface area contributed by atoms with E-state index in [4.69, 9.17) is 10.5 Å². The zero-order valence-electron chi connectivity index (χ0n) is 9.34. The zero-order chi connectivity index (χ0) is 13.0. The van der Waals surface area contributed by atoms with E-state index in [-0.39, 0.29) is 17.3 Å². The molecule has 0 aliphatic carbocycles. The molecule has 2 aromatic rings. The van der Waals surface area contributed by atoms with Gasteiger partial charge in [0.2, 0.25) is 5.88 Å². The second kappa shape index (κ2) is 5.59. The van der Waals surface area contributed by atoms with Crippen molar-refractivity contribution in [2.45, 2.75) is 6.61 Å². The first-order chi connectivity index (χ1) is 8.70. The first-order valence-corrected chi connectivity index (χ1v) is 5.93. The molecule has 0 saturated heterocycles. The van der Waals surface area contributed by atoms with Crippen molar-refractivity contribution in [3.63, 3.8) is 0 Å². The maximum atomic E-state index is 10.9. The van der Waals surface area contributed by atoms with Crippen molar-refractivity contribution < 1.29 is 9.53 Å². The fraction of sp³-hybridized carbons (Fsp3) is 0.0833. The van der Waals surface area contributed by atoms with Gasteiger partial charge in [-0.25, -0.2) is 9.97 Å². The third-order valence-electron chi connectivity index (χ3n) is 2.26. The number of hydrogen-bond donors (Lipinski definition) is 1. The van der Waals surface area contributed by atoms with Crippen molar-refractivity contribution in [1.82, 2.24) is 9.97 Å². The number of nitrogen functional groups attached to an aromatic ring is 1. The van der Waals surface area contributed by atoms with E-state index in [1.54, 1.807) is 0 Å². The molecule has 0 atom stereocenters. The number of nitrogens with zero attached hydrogens (tertiary/aromatic N) is 2. The van der Waals surface area contributed by atoms with Gasteiger partial charge in [0, 0.05) is 4.47 Å². The summed E-state index contributed by atoms with van der Waals surface area (Å²) in [5.41, 5.74) is 6.69. The van der Waals surface area contributed by atoms with Crippen LogP contribution in [0.25, 0.3) is 0 Å². The number of benzene rings is 1. The minimum atomic E-state index is 0.115. The SMILES string of the molecule is Nc1ncnc(OCc2cccc(Br)c2)c1C=O. The highest BCUT2D eigenvalue weighted by molar-refractivity contribution is 9.10. The summed E-state index contributed by atoms with van der Waals surface area (Å²) in [7, 11) is 0. The first-order valence-electron chi connectivity index (χ1n) is 5.13. The van der Waals surface area contributed by atoms with Crippen LogP contribution < -0.4 is 10.5 Å². The van der Waals surface area contributed by atoms with Crippen LogP contribution in [-0.2, 0) is 6.61 Å². The third-order valence-corrected chi connectivity index (χ3v) is 2.75. The van der Waals surface area contributed by atoms with Crippen LogP contribution in [0.15, 0.2) is 35.1 Å². The Balaban J connectivity index is 2.15. The Hall–Kier alpha value is -1.95. The van der Waals surface area contributed by atoms with Crippen LogP contribution in [0.4, 0.5) is 5.82 Å². The minimum absolute atomic E-state index is 0.115. The predicted molar refractivity (Wildman–Crippen MR) is 70.3 cm³/mol. The van der Waals surface area contributed by atoms with Gasteiger partial charge >= 0.3 is 0 Å². The molecular formula is C12H10BrN3O2. The van der Waals surface area contributed by atoms with E-state index in [1.807, 2.05) is 24.3 Å². The number of carbonyl (C=O) groups excluding carboxylic acids is 1. The fourth-order valence-electron chi connectivity index (χ4n) is 1.40. The fourth-order valence-corrected chi connectivity index (χ4v) is 1.84. The van der Waals surface area contributed by atoms with Gasteiger partial charge in [0.15, 0.2) is 6.29 Å². The van der Waals surface area contributed by atoms with Crippen molar-refractivity contribution in [2.24, 2.45) is 0 Å². The number of carbonyl (C=O) groups is 1. The highest BCUT2D eigenvalue weighted by atomic mass is 79.9. The van der Waals surface area contributed by atoms with Crippen LogP contribution in [-0.4, -0.2) is 16.3 Å². The molecule has 0 bridgehead atoms. The van der Waals surface area contributed by atoms with Gasteiger partial charge in [-0.3, -0.25) is 4.79 Å². The van der Waals surface area contributed by atoms with Crippen molar-refractivity contribution in [2.75, 3.05) is 5.73 Å². The molecule has 1 aromatic heterocycles. The van der Waals surface area contributed by atoms with Gasteiger partial charge in [0.1, 0.15) is 24.3 Å². The van der Waals surface area contributed by atoms with Crippen LogP contribution in [0.5, 0.6) is 5.88 Å². The summed E-state index contributed by atoms with van der Waals surface area (Å²) in [6, 6.07) is 7.65. The van der Waals surface area contributed by atoms with Gasteiger partial charge in [0.25, 0.3) is 0 Å². The lowest BCUT2D eigenvalue weighted by molar-refractivity contribution is 0.111. The van der Waals surface area contributed by atoms with Crippen molar-refractivity contribution in [3.8, 4) is 5.88 Å². The number of ether oxygens (including phenoxy) is 1. The summed E-state index contributed by atoms with van der Waals surface area (Å²) in [4.78, 5) is 18.5. The molecule has 0 radical (unpaired) electrons. The molecule has 6 heteroatoms. The Labute approximate surface area is 112 Å². The average molecular weight is 308 g/mol. The van der Waals surface area contributed by atoms with E-state index in [0.29, 0.717) is 12.9 Å². The number of rotatable bonds is 4. The quantitative estimate of drug-likeness (QED) is 0.876. The maximum absolute atomic E-state index is 10.9. The first kappa shape index (κ1) is 12.5. The normalized spacial score (nSPS) is 10.1. The van der Waals surface area contributed by atoms with E-state index < -0.39 is 0 Å². The van der Waals surface area contributed by atoms with Gasteiger partial charge < -0.3 is 10.5 Å². The molecule has 0 saturated carbocycles. The summed E-state index contributed by atoms with van der Waals surface area (Å²) < 4.78 is 6.43. The van der Waals surface area contributed by atoms with Crippen molar-refractivity contribution >= 4 is 28.0 Å². The number of nitrogens with two attached hydrogens (primary N) is 1. The zero-order valence-corrected chi connectivity index (χ0v) is 10.9. The van der Waals surface area contributed by atoms with E-state index in [0.717, 1.165) is 10.0 Å². The van der Waals surface area contributed by atoms with Crippen molar-refractivity contribution in [3.05, 3.63) is 46.2 Å². The number of halogens is 1. The molecule has 0 amide bonds. The third kappa shape index (κ3) is 2.84. The lowest BCUT2D eigenvalue weighted by Crippen LogP contribution is -2.04. The van der Waals surface area contributed by atoms with E-state index >= 15 is 0 Å². The molecule has 92 valence electrons. The lowest BCUT2D eigenvalue weighted by atomic mass is 10.2. The maximum Gasteiger partial charge on any atom is 0.229 e. The highest BCUT2D eigenvalue weighted by Crippen LogP contribution is 2.19. The second-order valence-corrected chi connectivity index (χ2v) is 4.43. The van der Waals surface area contributed by atoms with Gasteiger partial charge in [0.05, 0.1) is 0 Å². The highest BCUT2D eigenvalue weighted by Gasteiger charge is 2.09. The molecule has 0 fully saturated rings. The Morgan fingerprint density at radius 1 is 1.39 bits per heavy atom. The van der Waals surface area contributed by atoms with Gasteiger partial charge in [-0.2, -0.15) is 0 Å². The van der Waals surface area contributed by atoms with E-state index in [9.17, 15) is 4.79 Å². The van der Waals surface area contributed by atoms with Crippen LogP contribution in [0.1, 0.15) is 15.9 Å². The molecule has 1 heterocycles. The summed E-state index contributed by atoms with van der Waals surface area (Å²) in [6.07, 6.45) is 1.85. The number of aldehydes is 1. The Kier molecular flexibility index (Phi) is 3.88. The van der Waals surface area contributed by atoms with Crippen LogP contribution in [0.2, 0.25) is 0 Å². The molecular weight excluding hydrogens is 298 g/mol. The monoisotopic (exact) mass is 307 g/mol. The Morgan fingerprint density at radius 2 is 2.22 bits per heavy atom. The largest absolute Gasteiger partial charge is 0.472 e. The summed E-state index contributed by atoms with van der Waals surface area (Å²) in [5.74, 6) is 0.307. The summed E-state index contributed by atoms with van der Waals surface area (Å²) in [6.45, 7) is 0.302. The second-order valence-electron chi connectivity index (χ2n) is 3.51. The van der Waals surface area contributed by atoms with Gasteiger partial charge in [-0.1, -0.05) is 28.1 Å². The van der Waals surface area contributed by atoms with Crippen LogP contribution >= 0.6 is 15.9 Å². The lowest BCUT2D eigenvalue weighted by Gasteiger charge is -2.08. The number of hydrogen-bond acceptors (Lipinski definition) is 5. The summed E-state index contributed by atoms with van der Waals surface area (Å²) >= 11 is 3.37. The standard InChI is InChI=1S/C12H10BrN3O2/c13-9-3-1-2-8(4-9)6-18-12-10(5-17)11(14)15-7-16-12/h1-5,7H,6H2,(H2,14,15,16). The molecule has 0 aliphatic heterocycles. The molecule has 2 N–H and O–H groups in total. The smallest absolute Gasteiger partial charge is 0.229 e. The van der Waals surface area contributed by atoms with Crippen LogP contribution in [0, 0.1) is 0 Å². The van der Waals surface area contributed by atoms with E-state index in [1.165, 1.54) is 6.33 Å². The van der Waals surface area contributed by atoms with Crippen molar-refractivity contribution in [1.29, 1.82) is 0 Å². The van der Waals surface area contributed by atoms with Gasteiger partial charge in [-0.05, 0) is 17.7 Å². The minimum Gasteiger partial charge on any atom is -0.472 e. The molecule has 0 spiro atoms. The number of aromatic nitrogens is 2. The molecule has 18 heavy (non-hydrogen) atoms. The Morgan fingerprint density at radius 3 is 2.94 bits per heavy atom. The average Bonchev–Trinajstić information content (AvgIpc) is 2.36. The molecule has 5 nitrogen and oxygen atoms in total. The summed E-state index contributed by atoms with van der Waals surface area (Å²) in [5, 5.41) is 0. The topological polar surface area (TPSA) is 78.1 Å². The molecule has 1 aromatic carbocycles. The molecule has 0 unspecified atom stereocenters. The van der Waals surface area contributed by atoms with Gasteiger partial charge in [-0.15, -0.1) is 0 Å². The number of anilines is 1. The Bertz CT molecular complexity index is 575. The molecule has 0 aliphatic rings. The molecule has 2 rings (SSSR count). The predicted octanol–water partition coefficient (Wildman–Crippen LogP) is 2.21. The van der Waals surface area contributed by atoms with E-state index in [2.05, 4.69) is 25.9 Å².